The van der Waals surface area contributed by atoms with Crippen molar-refractivity contribution in [2.24, 2.45) is 0 Å². The van der Waals surface area contributed by atoms with Crippen LogP contribution in [0, 0.1) is 11.6 Å². The zero-order valence-electron chi connectivity index (χ0n) is 13.3. The summed E-state index contributed by atoms with van der Waals surface area (Å²) in [6.45, 7) is 0. The minimum atomic E-state index is -0.854. The van der Waals surface area contributed by atoms with Crippen LogP contribution in [0.1, 0.15) is 18.4 Å². The van der Waals surface area contributed by atoms with Gasteiger partial charge in [-0.2, -0.15) is 0 Å². The Hall–Kier alpha value is -2.96. The second-order valence-electron chi connectivity index (χ2n) is 5.89. The molecule has 5 nitrogen and oxygen atoms in total. The van der Waals surface area contributed by atoms with Crippen LogP contribution in [0.2, 0.25) is 0 Å². The predicted octanol–water partition coefficient (Wildman–Crippen LogP) is 3.43. The fourth-order valence-corrected chi connectivity index (χ4v) is 2.29. The molecule has 3 N–H and O–H groups in total. The van der Waals surface area contributed by atoms with Gasteiger partial charge in [0.2, 0.25) is 5.91 Å². The maximum atomic E-state index is 13.5. The number of amides is 3. The third-order valence-corrected chi connectivity index (χ3v) is 3.72. The largest absolute Gasteiger partial charge is 0.353 e. The van der Waals surface area contributed by atoms with Gasteiger partial charge in [-0.3, -0.25) is 4.79 Å². The molecule has 0 saturated heterocycles. The van der Waals surface area contributed by atoms with Crippen LogP contribution < -0.4 is 16.0 Å². The van der Waals surface area contributed by atoms with Gasteiger partial charge in [-0.25, -0.2) is 13.6 Å². The topological polar surface area (TPSA) is 70.2 Å². The molecule has 0 aromatic heterocycles. The molecule has 0 bridgehead atoms. The van der Waals surface area contributed by atoms with Gasteiger partial charge >= 0.3 is 6.03 Å². The van der Waals surface area contributed by atoms with E-state index >= 15 is 0 Å². The van der Waals surface area contributed by atoms with Crippen LogP contribution in [-0.2, 0) is 11.2 Å². The van der Waals surface area contributed by atoms with E-state index in [1.165, 1.54) is 6.07 Å². The van der Waals surface area contributed by atoms with Crippen molar-refractivity contribution in [3.8, 4) is 0 Å². The molecule has 7 heteroatoms. The van der Waals surface area contributed by atoms with E-state index < -0.39 is 23.4 Å². The highest BCUT2D eigenvalue weighted by Crippen LogP contribution is 2.20. The number of anilines is 2. The summed E-state index contributed by atoms with van der Waals surface area (Å²) >= 11 is 0. The average molecular weight is 345 g/mol. The molecule has 130 valence electrons. The van der Waals surface area contributed by atoms with Gasteiger partial charge in [0, 0.05) is 11.7 Å². The van der Waals surface area contributed by atoms with E-state index in [0.717, 1.165) is 30.5 Å². The molecule has 0 spiro atoms. The molecule has 2 aromatic rings. The molecular weight excluding hydrogens is 328 g/mol. The first-order valence-corrected chi connectivity index (χ1v) is 7.91. The molecule has 3 amide bonds. The summed E-state index contributed by atoms with van der Waals surface area (Å²) in [7, 11) is 0. The molecule has 1 fully saturated rings. The van der Waals surface area contributed by atoms with Crippen LogP contribution in [0.4, 0.5) is 25.0 Å². The first-order chi connectivity index (χ1) is 12.0. The monoisotopic (exact) mass is 345 g/mol. The van der Waals surface area contributed by atoms with Crippen LogP contribution in [0.3, 0.4) is 0 Å². The highest BCUT2D eigenvalue weighted by Gasteiger charge is 2.23. The number of hydrogen-bond donors (Lipinski definition) is 3. The van der Waals surface area contributed by atoms with Gasteiger partial charge in [-0.05, 0) is 42.7 Å². The summed E-state index contributed by atoms with van der Waals surface area (Å²) in [6, 6.07) is 9.55. The third-order valence-electron chi connectivity index (χ3n) is 3.72. The van der Waals surface area contributed by atoms with Crippen LogP contribution in [-0.4, -0.2) is 18.0 Å². The summed E-state index contributed by atoms with van der Waals surface area (Å²) in [4.78, 5) is 23.6. The molecule has 1 aliphatic rings. The van der Waals surface area contributed by atoms with Crippen molar-refractivity contribution in [1.29, 1.82) is 0 Å². The number of halogens is 2. The normalized spacial score (nSPS) is 13.2. The van der Waals surface area contributed by atoms with Gasteiger partial charge in [0.15, 0.2) is 0 Å². The zero-order valence-corrected chi connectivity index (χ0v) is 13.3. The zero-order chi connectivity index (χ0) is 17.8. The maximum Gasteiger partial charge on any atom is 0.323 e. The Morgan fingerprint density at radius 2 is 1.60 bits per heavy atom. The number of hydrogen-bond acceptors (Lipinski definition) is 2. The molecule has 0 unspecified atom stereocenters. The Morgan fingerprint density at radius 1 is 0.960 bits per heavy atom. The molecule has 1 aliphatic carbocycles. The third kappa shape index (κ3) is 4.76. The quantitative estimate of drug-likeness (QED) is 0.777. The number of nitrogens with one attached hydrogen (secondary N) is 3. The van der Waals surface area contributed by atoms with E-state index in [1.54, 1.807) is 24.3 Å². The molecule has 3 rings (SSSR count). The van der Waals surface area contributed by atoms with Crippen LogP contribution in [0.5, 0.6) is 0 Å². The first kappa shape index (κ1) is 16.9. The lowest BCUT2D eigenvalue weighted by Gasteiger charge is -2.10. The van der Waals surface area contributed by atoms with E-state index in [4.69, 9.17) is 0 Å². The Labute approximate surface area is 143 Å². The number of para-hydroxylation sites is 1. The van der Waals surface area contributed by atoms with Gasteiger partial charge in [-0.15, -0.1) is 0 Å². The fraction of sp³-hybridized carbons (Fsp3) is 0.222. The van der Waals surface area contributed by atoms with Crippen molar-refractivity contribution in [3.05, 3.63) is 59.7 Å². The number of benzene rings is 2. The average Bonchev–Trinajstić information content (AvgIpc) is 3.37. The standard InChI is InChI=1S/C18H17F2N3O2/c19-14-2-1-3-15(20)17(14)23-18(25)22-13-6-4-11(5-7-13)10-16(24)21-12-8-9-12/h1-7,12H,8-10H2,(H,21,24)(H2,22,23,25). The number of carbonyl (C=O) groups is 2. The predicted molar refractivity (Wildman–Crippen MR) is 90.3 cm³/mol. The molecule has 0 heterocycles. The molecule has 2 aromatic carbocycles. The number of urea groups is 1. The van der Waals surface area contributed by atoms with E-state index in [-0.39, 0.29) is 12.3 Å². The maximum absolute atomic E-state index is 13.5. The van der Waals surface area contributed by atoms with Crippen LogP contribution in [0.25, 0.3) is 0 Å². The molecule has 0 aliphatic heterocycles. The molecular formula is C18H17F2N3O2. The second-order valence-corrected chi connectivity index (χ2v) is 5.89. The minimum Gasteiger partial charge on any atom is -0.353 e. The minimum absolute atomic E-state index is 0.0315. The molecule has 0 atom stereocenters. The van der Waals surface area contributed by atoms with Gasteiger partial charge in [0.1, 0.15) is 17.3 Å². The summed E-state index contributed by atoms with van der Waals surface area (Å²) in [5.41, 5.74) is 0.748. The Morgan fingerprint density at radius 3 is 2.20 bits per heavy atom. The number of rotatable bonds is 5. The summed E-state index contributed by atoms with van der Waals surface area (Å²) in [5, 5.41) is 7.52. The molecule has 0 radical (unpaired) electrons. The smallest absolute Gasteiger partial charge is 0.323 e. The van der Waals surface area contributed by atoms with Crippen molar-refractivity contribution >= 4 is 23.3 Å². The Balaban J connectivity index is 1.55. The second kappa shape index (κ2) is 7.29. The van der Waals surface area contributed by atoms with Crippen molar-refractivity contribution < 1.29 is 18.4 Å². The van der Waals surface area contributed by atoms with Gasteiger partial charge < -0.3 is 16.0 Å². The SMILES string of the molecule is O=C(Cc1ccc(NC(=O)Nc2c(F)cccc2F)cc1)NC1CC1. The van der Waals surface area contributed by atoms with E-state index in [1.807, 2.05) is 0 Å². The Bertz CT molecular complexity index is 769. The van der Waals surface area contributed by atoms with Crippen LogP contribution in [0.15, 0.2) is 42.5 Å². The highest BCUT2D eigenvalue weighted by molar-refractivity contribution is 5.99. The Kier molecular flexibility index (Phi) is 4.92. The molecule has 25 heavy (non-hydrogen) atoms. The van der Waals surface area contributed by atoms with Gasteiger partial charge in [-0.1, -0.05) is 18.2 Å². The lowest BCUT2D eigenvalue weighted by atomic mass is 10.1. The van der Waals surface area contributed by atoms with Crippen LogP contribution >= 0.6 is 0 Å². The van der Waals surface area contributed by atoms with E-state index in [0.29, 0.717) is 11.7 Å². The highest BCUT2D eigenvalue weighted by atomic mass is 19.1. The van der Waals surface area contributed by atoms with Gasteiger partial charge in [0.25, 0.3) is 0 Å². The van der Waals surface area contributed by atoms with E-state index in [9.17, 15) is 18.4 Å². The lowest BCUT2D eigenvalue weighted by Crippen LogP contribution is -2.26. The van der Waals surface area contributed by atoms with E-state index in [2.05, 4.69) is 16.0 Å². The van der Waals surface area contributed by atoms with Crippen molar-refractivity contribution in [2.45, 2.75) is 25.3 Å². The summed E-state index contributed by atoms with van der Waals surface area (Å²) < 4.78 is 27.0. The first-order valence-electron chi connectivity index (χ1n) is 7.91. The van der Waals surface area contributed by atoms with Crippen molar-refractivity contribution in [2.75, 3.05) is 10.6 Å². The molecule has 1 saturated carbocycles. The lowest BCUT2D eigenvalue weighted by molar-refractivity contribution is -0.120. The van der Waals surface area contributed by atoms with Crippen molar-refractivity contribution in [1.82, 2.24) is 5.32 Å². The summed E-state index contributed by atoms with van der Waals surface area (Å²) in [6.07, 6.45) is 2.34. The fourth-order valence-electron chi connectivity index (χ4n) is 2.29. The summed E-state index contributed by atoms with van der Waals surface area (Å²) in [5.74, 6) is -1.74. The van der Waals surface area contributed by atoms with Crippen molar-refractivity contribution in [3.63, 3.8) is 0 Å². The van der Waals surface area contributed by atoms with Gasteiger partial charge in [0.05, 0.1) is 6.42 Å². The number of carbonyl (C=O) groups excluding carboxylic acids is 2.